The third-order valence-electron chi connectivity index (χ3n) is 4.80. The Morgan fingerprint density at radius 2 is 2.28 bits per heavy atom. The standard InChI is InChI=1S/C18H21ClFN7O2/c1-9(2)23-18(28)29-13-4-3-10(15(13)20)12-7-14(26-25-12)24-17-16-11(19)8-22-27(16)6-5-21-17/h5-10,13,15H,3-4H2,1-2H3,(H,23,28)(H2,21,24,25,26)/t10-,13-,15-/m0/s1. The van der Waals surface area contributed by atoms with Crippen molar-refractivity contribution in [2.75, 3.05) is 5.32 Å². The zero-order valence-electron chi connectivity index (χ0n) is 15.9. The number of alkyl carbamates (subject to hydrolysis) is 1. The number of rotatable bonds is 5. The first kappa shape index (κ1) is 19.4. The minimum Gasteiger partial charge on any atom is -0.443 e. The Balaban J connectivity index is 1.45. The van der Waals surface area contributed by atoms with Gasteiger partial charge in [-0.15, -0.1) is 0 Å². The zero-order chi connectivity index (χ0) is 20.5. The third kappa shape index (κ3) is 3.98. The fraction of sp³-hybridized carbons (Fsp3) is 0.444. The molecule has 3 heterocycles. The number of halogens is 2. The van der Waals surface area contributed by atoms with Crippen LogP contribution in [0.3, 0.4) is 0 Å². The minimum atomic E-state index is -1.31. The highest BCUT2D eigenvalue weighted by Gasteiger charge is 2.40. The predicted molar refractivity (Wildman–Crippen MR) is 105 cm³/mol. The second-order valence-corrected chi connectivity index (χ2v) is 7.67. The lowest BCUT2D eigenvalue weighted by molar-refractivity contribution is 0.0555. The summed E-state index contributed by atoms with van der Waals surface area (Å²) in [5.74, 6) is 0.534. The molecule has 1 aliphatic carbocycles. The maximum Gasteiger partial charge on any atom is 0.407 e. The van der Waals surface area contributed by atoms with Crippen LogP contribution >= 0.6 is 11.6 Å². The van der Waals surface area contributed by atoms with Crippen LogP contribution in [-0.4, -0.2) is 49.2 Å². The maximum atomic E-state index is 14.9. The van der Waals surface area contributed by atoms with Crippen LogP contribution in [-0.2, 0) is 4.74 Å². The van der Waals surface area contributed by atoms with Crippen molar-refractivity contribution in [3.05, 3.63) is 35.4 Å². The fourth-order valence-electron chi connectivity index (χ4n) is 3.49. The van der Waals surface area contributed by atoms with Crippen molar-refractivity contribution in [1.82, 2.24) is 30.1 Å². The molecule has 3 aromatic rings. The van der Waals surface area contributed by atoms with Crippen LogP contribution in [0.4, 0.5) is 20.8 Å². The molecule has 0 aliphatic heterocycles. The van der Waals surface area contributed by atoms with E-state index < -0.39 is 24.3 Å². The van der Waals surface area contributed by atoms with Gasteiger partial charge in [0, 0.05) is 36.1 Å². The number of carbonyl (C=O) groups excluding carboxylic acids is 1. The number of ether oxygens (including phenoxy) is 1. The van der Waals surface area contributed by atoms with Gasteiger partial charge in [-0.05, 0) is 26.7 Å². The molecule has 1 fully saturated rings. The Morgan fingerprint density at radius 3 is 3.07 bits per heavy atom. The first-order valence-corrected chi connectivity index (χ1v) is 9.71. The molecule has 3 N–H and O–H groups in total. The van der Waals surface area contributed by atoms with Crippen molar-refractivity contribution in [3.63, 3.8) is 0 Å². The Bertz CT molecular complexity index is 1020. The Morgan fingerprint density at radius 1 is 1.45 bits per heavy atom. The lowest BCUT2D eigenvalue weighted by Crippen LogP contribution is -2.36. The van der Waals surface area contributed by atoms with Crippen molar-refractivity contribution in [3.8, 4) is 0 Å². The number of nitrogens with one attached hydrogen (secondary N) is 3. The van der Waals surface area contributed by atoms with E-state index in [4.69, 9.17) is 16.3 Å². The van der Waals surface area contributed by atoms with E-state index in [9.17, 15) is 9.18 Å². The van der Waals surface area contributed by atoms with Crippen LogP contribution in [0.5, 0.6) is 0 Å². The normalized spacial score (nSPS) is 21.6. The molecule has 0 radical (unpaired) electrons. The average molecular weight is 422 g/mol. The lowest BCUT2D eigenvalue weighted by Gasteiger charge is -2.18. The highest BCUT2D eigenvalue weighted by Crippen LogP contribution is 2.38. The van der Waals surface area contributed by atoms with Gasteiger partial charge in [-0.3, -0.25) is 5.10 Å². The average Bonchev–Trinajstić information content (AvgIpc) is 3.36. The summed E-state index contributed by atoms with van der Waals surface area (Å²) in [6, 6.07) is 1.66. The van der Waals surface area contributed by atoms with E-state index in [2.05, 4.69) is 30.9 Å². The Kier molecular flexibility index (Phi) is 5.27. The van der Waals surface area contributed by atoms with Gasteiger partial charge >= 0.3 is 6.09 Å². The monoisotopic (exact) mass is 421 g/mol. The van der Waals surface area contributed by atoms with Crippen LogP contribution in [0.15, 0.2) is 24.7 Å². The minimum absolute atomic E-state index is 0.0682. The molecule has 29 heavy (non-hydrogen) atoms. The van der Waals surface area contributed by atoms with Crippen molar-refractivity contribution >= 4 is 34.8 Å². The van der Waals surface area contributed by atoms with Crippen molar-refractivity contribution < 1.29 is 13.9 Å². The molecule has 0 bridgehead atoms. The van der Waals surface area contributed by atoms with Crippen LogP contribution < -0.4 is 10.6 Å². The number of aromatic amines is 1. The van der Waals surface area contributed by atoms with E-state index in [1.54, 1.807) is 23.0 Å². The topological polar surface area (TPSA) is 109 Å². The first-order valence-electron chi connectivity index (χ1n) is 9.33. The largest absolute Gasteiger partial charge is 0.443 e. The van der Waals surface area contributed by atoms with Crippen LogP contribution in [0.2, 0.25) is 5.02 Å². The smallest absolute Gasteiger partial charge is 0.407 e. The number of aromatic nitrogens is 5. The Labute approximate surface area is 171 Å². The van der Waals surface area contributed by atoms with Gasteiger partial charge in [0.25, 0.3) is 0 Å². The molecule has 3 atom stereocenters. The highest BCUT2D eigenvalue weighted by atomic mass is 35.5. The molecule has 0 aromatic carbocycles. The van der Waals surface area contributed by atoms with Gasteiger partial charge in [-0.25, -0.2) is 18.7 Å². The molecule has 3 aromatic heterocycles. The number of amides is 1. The van der Waals surface area contributed by atoms with Crippen molar-refractivity contribution in [1.29, 1.82) is 0 Å². The van der Waals surface area contributed by atoms with Gasteiger partial charge in [-0.1, -0.05) is 11.6 Å². The SMILES string of the molecule is CC(C)NC(=O)O[C@H]1CC[C@@H](c2cc(Nc3nccn4ncc(Cl)c34)n[nH]2)[C@@H]1F. The second-order valence-electron chi connectivity index (χ2n) is 7.27. The quantitative estimate of drug-likeness (QED) is 0.581. The summed E-state index contributed by atoms with van der Waals surface area (Å²) >= 11 is 6.17. The molecule has 0 saturated heterocycles. The lowest BCUT2D eigenvalue weighted by atomic mass is 10.0. The van der Waals surface area contributed by atoms with E-state index in [0.29, 0.717) is 40.7 Å². The summed E-state index contributed by atoms with van der Waals surface area (Å²) in [6.07, 6.45) is 3.11. The molecule has 1 saturated carbocycles. The third-order valence-corrected chi connectivity index (χ3v) is 5.07. The van der Waals surface area contributed by atoms with Crippen LogP contribution in [0.1, 0.15) is 38.3 Å². The first-order chi connectivity index (χ1) is 13.9. The van der Waals surface area contributed by atoms with E-state index in [-0.39, 0.29) is 6.04 Å². The summed E-state index contributed by atoms with van der Waals surface area (Å²) in [6.45, 7) is 3.63. The van der Waals surface area contributed by atoms with Gasteiger partial charge in [0.05, 0.1) is 11.2 Å². The van der Waals surface area contributed by atoms with Crippen molar-refractivity contribution in [2.24, 2.45) is 0 Å². The number of hydrogen-bond acceptors (Lipinski definition) is 6. The van der Waals surface area contributed by atoms with E-state index in [1.807, 2.05) is 13.8 Å². The molecule has 1 amide bonds. The molecule has 0 unspecified atom stereocenters. The predicted octanol–water partition coefficient (Wildman–Crippen LogP) is 3.57. The fourth-order valence-corrected chi connectivity index (χ4v) is 3.71. The molecule has 4 rings (SSSR count). The van der Waals surface area contributed by atoms with E-state index in [1.165, 1.54) is 6.20 Å². The molecular weight excluding hydrogens is 401 g/mol. The molecule has 1 aliphatic rings. The Hall–Kier alpha value is -2.88. The van der Waals surface area contributed by atoms with Gasteiger partial charge in [0.15, 0.2) is 11.6 Å². The van der Waals surface area contributed by atoms with Crippen LogP contribution in [0.25, 0.3) is 5.52 Å². The number of carbonyl (C=O) groups is 1. The van der Waals surface area contributed by atoms with Crippen LogP contribution in [0, 0.1) is 0 Å². The number of alkyl halides is 1. The summed E-state index contributed by atoms with van der Waals surface area (Å²) < 4.78 is 21.7. The molecule has 0 spiro atoms. The maximum absolute atomic E-state index is 14.9. The van der Waals surface area contributed by atoms with Gasteiger partial charge in [0.1, 0.15) is 17.8 Å². The highest BCUT2D eigenvalue weighted by molar-refractivity contribution is 6.34. The second kappa shape index (κ2) is 7.86. The number of anilines is 2. The molecular formula is C18H21ClFN7O2. The number of hydrogen-bond donors (Lipinski definition) is 3. The number of nitrogens with zero attached hydrogens (tertiary/aromatic N) is 4. The molecule has 154 valence electrons. The van der Waals surface area contributed by atoms with Gasteiger partial charge < -0.3 is 15.4 Å². The zero-order valence-corrected chi connectivity index (χ0v) is 16.7. The van der Waals surface area contributed by atoms with Gasteiger partial charge in [-0.2, -0.15) is 10.2 Å². The van der Waals surface area contributed by atoms with Crippen molar-refractivity contribution in [2.45, 2.75) is 50.9 Å². The molecule has 9 nitrogen and oxygen atoms in total. The number of fused-ring (bicyclic) bond motifs is 1. The summed E-state index contributed by atoms with van der Waals surface area (Å²) in [5, 5.41) is 17.3. The molecule has 11 heteroatoms. The number of H-pyrrole nitrogens is 1. The van der Waals surface area contributed by atoms with E-state index >= 15 is 0 Å². The summed E-state index contributed by atoms with van der Waals surface area (Å²) in [5.41, 5.74) is 1.24. The summed E-state index contributed by atoms with van der Waals surface area (Å²) in [4.78, 5) is 16.0. The summed E-state index contributed by atoms with van der Waals surface area (Å²) in [7, 11) is 0. The van der Waals surface area contributed by atoms with E-state index in [0.717, 1.165) is 0 Å². The van der Waals surface area contributed by atoms with Gasteiger partial charge in [0.2, 0.25) is 0 Å².